The molecular formula is C19H11BrF3N3O2S. The number of nitrogens with zero attached hydrogens (tertiary/aromatic N) is 3. The Bertz CT molecular complexity index is 1220. The molecule has 0 unspecified atom stereocenters. The number of aromatic carboxylic acids is 1. The Balaban J connectivity index is 1.97. The number of aromatic nitrogens is 3. The van der Waals surface area contributed by atoms with Crippen molar-refractivity contribution < 1.29 is 23.1 Å². The highest BCUT2D eigenvalue weighted by molar-refractivity contribution is 9.10. The first-order chi connectivity index (χ1) is 13.8. The van der Waals surface area contributed by atoms with E-state index in [9.17, 15) is 23.1 Å². The van der Waals surface area contributed by atoms with Gasteiger partial charge >= 0.3 is 12.1 Å². The number of hydrogen-bond donors (Lipinski definition) is 1. The number of thiophene rings is 1. The van der Waals surface area contributed by atoms with Crippen molar-refractivity contribution in [3.05, 3.63) is 69.5 Å². The number of hydrogen-bond acceptors (Lipinski definition) is 4. The lowest BCUT2D eigenvalue weighted by molar-refractivity contribution is -0.141. The Morgan fingerprint density at radius 3 is 2.69 bits per heavy atom. The maximum Gasteiger partial charge on any atom is 0.435 e. The van der Waals surface area contributed by atoms with Crippen molar-refractivity contribution in [2.24, 2.45) is 0 Å². The monoisotopic (exact) mass is 481 g/mol. The first kappa shape index (κ1) is 19.6. The van der Waals surface area contributed by atoms with Gasteiger partial charge in [-0.15, -0.1) is 11.3 Å². The molecule has 0 bridgehead atoms. The van der Waals surface area contributed by atoms with Gasteiger partial charge in [0, 0.05) is 32.5 Å². The van der Waals surface area contributed by atoms with Gasteiger partial charge in [-0.2, -0.15) is 13.2 Å². The summed E-state index contributed by atoms with van der Waals surface area (Å²) in [7, 11) is 0. The number of rotatable bonds is 4. The molecule has 0 amide bonds. The molecule has 3 aromatic heterocycles. The van der Waals surface area contributed by atoms with Gasteiger partial charge in [-0.1, -0.05) is 22.0 Å². The van der Waals surface area contributed by atoms with Gasteiger partial charge in [-0.3, -0.25) is 4.98 Å². The molecule has 1 aromatic carbocycles. The van der Waals surface area contributed by atoms with Crippen molar-refractivity contribution in [3.63, 3.8) is 0 Å². The van der Waals surface area contributed by atoms with Crippen molar-refractivity contribution in [2.45, 2.75) is 12.7 Å². The molecule has 0 radical (unpaired) electrons. The Morgan fingerprint density at radius 1 is 1.24 bits per heavy atom. The molecule has 0 aliphatic rings. The van der Waals surface area contributed by atoms with E-state index in [0.717, 1.165) is 19.1 Å². The lowest BCUT2D eigenvalue weighted by Crippen LogP contribution is -2.16. The van der Waals surface area contributed by atoms with E-state index in [1.165, 1.54) is 23.7 Å². The average molecular weight is 482 g/mol. The highest BCUT2D eigenvalue weighted by Crippen LogP contribution is 2.37. The fourth-order valence-electron chi connectivity index (χ4n) is 3.13. The molecular weight excluding hydrogens is 471 g/mol. The lowest BCUT2D eigenvalue weighted by atomic mass is 10.1. The van der Waals surface area contributed by atoms with Crippen molar-refractivity contribution >= 4 is 43.3 Å². The number of carboxylic acid groups (broad SMARTS) is 1. The van der Waals surface area contributed by atoms with Crippen LogP contribution in [-0.4, -0.2) is 25.6 Å². The summed E-state index contributed by atoms with van der Waals surface area (Å²) in [4.78, 5) is 19.4. The van der Waals surface area contributed by atoms with Crippen LogP contribution in [0.1, 0.15) is 21.7 Å². The quantitative estimate of drug-likeness (QED) is 0.406. The first-order valence-corrected chi connectivity index (χ1v) is 9.90. The second-order valence-electron chi connectivity index (χ2n) is 6.14. The van der Waals surface area contributed by atoms with Crippen LogP contribution in [-0.2, 0) is 12.7 Å². The molecule has 0 atom stereocenters. The fourth-order valence-corrected chi connectivity index (χ4v) is 4.86. The summed E-state index contributed by atoms with van der Waals surface area (Å²) in [5, 5.41) is 12.2. The number of halogens is 4. The van der Waals surface area contributed by atoms with E-state index in [4.69, 9.17) is 0 Å². The molecule has 4 rings (SSSR count). The van der Waals surface area contributed by atoms with Crippen LogP contribution in [0.5, 0.6) is 0 Å². The zero-order chi connectivity index (χ0) is 20.8. The summed E-state index contributed by atoms with van der Waals surface area (Å²) >= 11 is 4.89. The minimum Gasteiger partial charge on any atom is -0.477 e. The van der Waals surface area contributed by atoms with E-state index >= 15 is 0 Å². The zero-order valence-electron chi connectivity index (χ0n) is 14.4. The SMILES string of the molecule is O=C(O)c1c(C(F)(F)F)nc(-c2cccnc2)n1Cc1csc2cccc(Br)c12. The Hall–Kier alpha value is -2.72. The summed E-state index contributed by atoms with van der Waals surface area (Å²) in [5.74, 6) is -1.80. The molecule has 3 heterocycles. The number of imidazole rings is 1. The highest BCUT2D eigenvalue weighted by Gasteiger charge is 2.41. The van der Waals surface area contributed by atoms with E-state index in [-0.39, 0.29) is 12.4 Å². The summed E-state index contributed by atoms with van der Waals surface area (Å²) in [5.41, 5.74) is -1.34. The van der Waals surface area contributed by atoms with E-state index in [1.807, 2.05) is 18.2 Å². The van der Waals surface area contributed by atoms with Gasteiger partial charge in [-0.05, 0) is 35.2 Å². The van der Waals surface area contributed by atoms with Crippen LogP contribution in [0.25, 0.3) is 21.5 Å². The zero-order valence-corrected chi connectivity index (χ0v) is 16.8. The minimum atomic E-state index is -4.91. The minimum absolute atomic E-state index is 0.0858. The van der Waals surface area contributed by atoms with E-state index in [2.05, 4.69) is 25.9 Å². The van der Waals surface area contributed by atoms with Crippen molar-refractivity contribution in [1.29, 1.82) is 0 Å². The smallest absolute Gasteiger partial charge is 0.435 e. The highest BCUT2D eigenvalue weighted by atomic mass is 79.9. The van der Waals surface area contributed by atoms with Gasteiger partial charge in [0.15, 0.2) is 11.4 Å². The molecule has 0 aliphatic carbocycles. The molecule has 10 heteroatoms. The first-order valence-electron chi connectivity index (χ1n) is 8.23. The average Bonchev–Trinajstić information content (AvgIpc) is 3.25. The third-order valence-corrected chi connectivity index (χ3v) is 5.97. The van der Waals surface area contributed by atoms with Gasteiger partial charge in [-0.25, -0.2) is 9.78 Å². The van der Waals surface area contributed by atoms with Gasteiger partial charge in [0.25, 0.3) is 0 Å². The van der Waals surface area contributed by atoms with Gasteiger partial charge in [0.05, 0.1) is 6.54 Å². The predicted octanol–water partition coefficient (Wildman–Crippen LogP) is 5.69. The van der Waals surface area contributed by atoms with Crippen LogP contribution in [0, 0.1) is 0 Å². The molecule has 0 aliphatic heterocycles. The number of fused-ring (bicyclic) bond motifs is 1. The number of carbonyl (C=O) groups is 1. The molecule has 0 fully saturated rings. The molecule has 29 heavy (non-hydrogen) atoms. The van der Waals surface area contributed by atoms with Crippen LogP contribution in [0.3, 0.4) is 0 Å². The predicted molar refractivity (Wildman–Crippen MR) is 106 cm³/mol. The van der Waals surface area contributed by atoms with Crippen molar-refractivity contribution in [2.75, 3.05) is 0 Å². The summed E-state index contributed by atoms with van der Waals surface area (Å²) in [6.07, 6.45) is -2.08. The maximum absolute atomic E-state index is 13.6. The number of pyridine rings is 1. The van der Waals surface area contributed by atoms with Crippen LogP contribution in [0.2, 0.25) is 0 Å². The van der Waals surface area contributed by atoms with E-state index in [0.29, 0.717) is 11.1 Å². The van der Waals surface area contributed by atoms with E-state index in [1.54, 1.807) is 17.5 Å². The number of benzene rings is 1. The van der Waals surface area contributed by atoms with Crippen molar-refractivity contribution in [3.8, 4) is 11.4 Å². The second kappa shape index (κ2) is 7.27. The molecule has 0 saturated heterocycles. The van der Waals surface area contributed by atoms with Gasteiger partial charge in [0.2, 0.25) is 0 Å². The van der Waals surface area contributed by atoms with Crippen LogP contribution in [0.4, 0.5) is 13.2 Å². The second-order valence-corrected chi connectivity index (χ2v) is 7.90. The number of alkyl halides is 3. The normalized spacial score (nSPS) is 11.9. The number of carboxylic acids is 1. The Kier molecular flexibility index (Phi) is 4.91. The molecule has 148 valence electrons. The topological polar surface area (TPSA) is 68.0 Å². The molecule has 4 aromatic rings. The summed E-state index contributed by atoms with van der Waals surface area (Å²) in [6, 6.07) is 8.67. The molecule has 0 spiro atoms. The molecule has 5 nitrogen and oxygen atoms in total. The molecule has 1 N–H and O–H groups in total. The van der Waals surface area contributed by atoms with E-state index < -0.39 is 23.5 Å². The van der Waals surface area contributed by atoms with Crippen molar-refractivity contribution in [1.82, 2.24) is 14.5 Å². The third-order valence-electron chi connectivity index (χ3n) is 4.31. The molecule has 0 saturated carbocycles. The largest absolute Gasteiger partial charge is 0.477 e. The fraction of sp³-hybridized carbons (Fsp3) is 0.105. The van der Waals surface area contributed by atoms with Crippen LogP contribution >= 0.6 is 27.3 Å². The van der Waals surface area contributed by atoms with Crippen LogP contribution in [0.15, 0.2) is 52.6 Å². The lowest BCUT2D eigenvalue weighted by Gasteiger charge is -2.11. The third kappa shape index (κ3) is 3.53. The summed E-state index contributed by atoms with van der Waals surface area (Å²) < 4.78 is 43.5. The standard InChI is InChI=1S/C19H11BrF3N3O2S/c20-12-4-1-5-13-14(12)11(9-29-13)8-26-15(18(27)28)16(19(21,22)23)25-17(26)10-3-2-6-24-7-10/h1-7,9H,8H2,(H,27,28). The Morgan fingerprint density at radius 2 is 2.03 bits per heavy atom. The van der Waals surface area contributed by atoms with Crippen LogP contribution < -0.4 is 0 Å². The maximum atomic E-state index is 13.6. The van der Waals surface area contributed by atoms with Gasteiger partial charge < -0.3 is 9.67 Å². The van der Waals surface area contributed by atoms with Gasteiger partial charge in [0.1, 0.15) is 5.82 Å². The summed E-state index contributed by atoms with van der Waals surface area (Å²) in [6.45, 7) is -0.0858. The Labute approximate surface area is 174 Å².